The smallest absolute Gasteiger partial charge is 0.263 e. The van der Waals surface area contributed by atoms with Crippen LogP contribution < -0.4 is 0 Å². The molecule has 3 N–H and O–H groups in total. The highest BCUT2D eigenvalue weighted by molar-refractivity contribution is 7.09. The lowest BCUT2D eigenvalue weighted by Crippen LogP contribution is -1.98. The Morgan fingerprint density at radius 1 is 1.40 bits per heavy atom. The van der Waals surface area contributed by atoms with Crippen molar-refractivity contribution in [1.82, 2.24) is 0 Å². The molecule has 1 rings (SSSR count). The standard InChI is InChI=1S/C5H6S.CH4O3/c1-5-3-2-4-6-5;2-1(3)4/h2-4H,1H3;1-4H. The van der Waals surface area contributed by atoms with Crippen molar-refractivity contribution in [2.45, 2.75) is 13.4 Å². The zero-order valence-corrected chi connectivity index (χ0v) is 6.38. The molecular weight excluding hydrogens is 152 g/mol. The first kappa shape index (κ1) is 9.58. The summed E-state index contributed by atoms with van der Waals surface area (Å²) in [7, 11) is 0. The summed E-state index contributed by atoms with van der Waals surface area (Å²) in [6.07, 6.45) is 0. The summed E-state index contributed by atoms with van der Waals surface area (Å²) in [6, 6.07) is 4.16. The van der Waals surface area contributed by atoms with Gasteiger partial charge in [-0.25, -0.2) is 0 Å². The van der Waals surface area contributed by atoms with E-state index in [-0.39, 0.29) is 0 Å². The van der Waals surface area contributed by atoms with E-state index in [4.69, 9.17) is 15.3 Å². The molecule has 0 aliphatic heterocycles. The first-order valence-electron chi connectivity index (χ1n) is 2.67. The van der Waals surface area contributed by atoms with Crippen LogP contribution in [0.15, 0.2) is 17.5 Å². The number of hydrogen-bond donors (Lipinski definition) is 3. The van der Waals surface area contributed by atoms with E-state index in [0.717, 1.165) is 0 Å². The van der Waals surface area contributed by atoms with E-state index in [9.17, 15) is 0 Å². The molecule has 1 aromatic heterocycles. The lowest BCUT2D eigenvalue weighted by molar-refractivity contribution is -0.198. The van der Waals surface area contributed by atoms with E-state index in [1.54, 1.807) is 11.3 Å². The van der Waals surface area contributed by atoms with Crippen LogP contribution in [0.25, 0.3) is 0 Å². The molecule has 4 heteroatoms. The molecule has 0 aliphatic carbocycles. The molecule has 0 unspecified atom stereocenters. The van der Waals surface area contributed by atoms with Crippen LogP contribution in [0.3, 0.4) is 0 Å². The van der Waals surface area contributed by atoms with Gasteiger partial charge in [-0.1, -0.05) is 6.07 Å². The molecule has 0 fully saturated rings. The zero-order valence-electron chi connectivity index (χ0n) is 5.56. The molecule has 0 aromatic carbocycles. The van der Waals surface area contributed by atoms with Gasteiger partial charge in [-0.2, -0.15) is 0 Å². The first-order valence-corrected chi connectivity index (χ1v) is 3.55. The maximum Gasteiger partial charge on any atom is 0.263 e. The number of hydrogen-bond acceptors (Lipinski definition) is 4. The molecule has 0 amide bonds. The van der Waals surface area contributed by atoms with Crippen molar-refractivity contribution in [3.63, 3.8) is 0 Å². The van der Waals surface area contributed by atoms with Crippen LogP contribution in [-0.4, -0.2) is 21.8 Å². The van der Waals surface area contributed by atoms with Crippen LogP contribution in [0.5, 0.6) is 0 Å². The minimum atomic E-state index is -2.17. The summed E-state index contributed by atoms with van der Waals surface area (Å²) < 4.78 is 0. The van der Waals surface area contributed by atoms with Crippen LogP contribution in [-0.2, 0) is 0 Å². The summed E-state index contributed by atoms with van der Waals surface area (Å²) in [5.74, 6) is 0. The van der Waals surface area contributed by atoms with Crippen molar-refractivity contribution in [2.24, 2.45) is 0 Å². The Bertz CT molecular complexity index is 145. The maximum atomic E-state index is 7.17. The molecule has 0 saturated carbocycles. The quantitative estimate of drug-likeness (QED) is 0.481. The molecular formula is C6H10O3S. The molecule has 0 bridgehead atoms. The number of aliphatic hydroxyl groups is 3. The third-order valence-corrected chi connectivity index (χ3v) is 1.46. The molecule has 1 heterocycles. The van der Waals surface area contributed by atoms with Crippen molar-refractivity contribution in [1.29, 1.82) is 0 Å². The summed E-state index contributed by atoms with van der Waals surface area (Å²) in [5.41, 5.74) is 0. The van der Waals surface area contributed by atoms with E-state index in [0.29, 0.717) is 0 Å². The van der Waals surface area contributed by atoms with Gasteiger partial charge in [-0.15, -0.1) is 11.3 Å². The minimum Gasteiger partial charge on any atom is -0.346 e. The highest BCUT2D eigenvalue weighted by Gasteiger charge is 1.74. The maximum absolute atomic E-state index is 7.17. The Hall–Kier alpha value is -0.420. The molecule has 0 radical (unpaired) electrons. The molecule has 1 aromatic rings. The Morgan fingerprint density at radius 3 is 2.00 bits per heavy atom. The van der Waals surface area contributed by atoms with Crippen LogP contribution in [0, 0.1) is 6.92 Å². The second kappa shape index (κ2) is 5.37. The van der Waals surface area contributed by atoms with Gasteiger partial charge < -0.3 is 15.3 Å². The van der Waals surface area contributed by atoms with Gasteiger partial charge in [0.1, 0.15) is 0 Å². The number of aliphatic hydroxyl groups excluding tert-OH is 1. The first-order chi connectivity index (χ1) is 4.63. The van der Waals surface area contributed by atoms with Crippen molar-refractivity contribution >= 4 is 11.3 Å². The van der Waals surface area contributed by atoms with E-state index in [2.05, 4.69) is 24.4 Å². The van der Waals surface area contributed by atoms with Gasteiger partial charge in [0.2, 0.25) is 0 Å². The number of thiophene rings is 1. The largest absolute Gasteiger partial charge is 0.346 e. The minimum absolute atomic E-state index is 1.38. The predicted octanol–water partition coefficient (Wildman–Crippen LogP) is 0.303. The topological polar surface area (TPSA) is 60.7 Å². The van der Waals surface area contributed by atoms with Crippen LogP contribution in [0.2, 0.25) is 0 Å². The molecule has 10 heavy (non-hydrogen) atoms. The SMILES string of the molecule is Cc1cccs1.OC(O)O. The van der Waals surface area contributed by atoms with Gasteiger partial charge in [-0.05, 0) is 18.4 Å². The fourth-order valence-electron chi connectivity index (χ4n) is 0.361. The number of rotatable bonds is 0. The summed E-state index contributed by atoms with van der Waals surface area (Å²) in [6.45, 7) is -0.0648. The fourth-order valence-corrected chi connectivity index (χ4v) is 0.890. The van der Waals surface area contributed by atoms with Gasteiger partial charge in [0, 0.05) is 4.88 Å². The Kier molecular flexibility index (Phi) is 5.15. The summed E-state index contributed by atoms with van der Waals surface area (Å²) in [4.78, 5) is 1.38. The molecule has 0 aliphatic rings. The Balaban J connectivity index is 0.000000180. The fraction of sp³-hybridized carbons (Fsp3) is 0.333. The van der Waals surface area contributed by atoms with Gasteiger partial charge in [0.15, 0.2) is 0 Å². The molecule has 0 saturated heterocycles. The van der Waals surface area contributed by atoms with E-state index in [1.165, 1.54) is 4.88 Å². The zero-order chi connectivity index (χ0) is 7.98. The lowest BCUT2D eigenvalue weighted by atomic mass is 10.5. The predicted molar refractivity (Wildman–Crippen MR) is 39.5 cm³/mol. The van der Waals surface area contributed by atoms with E-state index in [1.807, 2.05) is 0 Å². The average Bonchev–Trinajstić information content (AvgIpc) is 2.15. The van der Waals surface area contributed by atoms with Crippen LogP contribution in [0.4, 0.5) is 0 Å². The molecule has 3 nitrogen and oxygen atoms in total. The molecule has 0 spiro atoms. The molecule has 58 valence electrons. The Labute approximate surface area is 63.2 Å². The molecule has 0 atom stereocenters. The second-order valence-corrected chi connectivity index (χ2v) is 2.72. The van der Waals surface area contributed by atoms with Crippen molar-refractivity contribution in [2.75, 3.05) is 0 Å². The number of aryl methyl sites for hydroxylation is 1. The average molecular weight is 162 g/mol. The summed E-state index contributed by atoms with van der Waals surface area (Å²) in [5, 5.41) is 23.6. The van der Waals surface area contributed by atoms with Gasteiger partial charge in [-0.3, -0.25) is 0 Å². The highest BCUT2D eigenvalue weighted by Crippen LogP contribution is 2.03. The van der Waals surface area contributed by atoms with Crippen molar-refractivity contribution < 1.29 is 15.3 Å². The monoisotopic (exact) mass is 162 g/mol. The van der Waals surface area contributed by atoms with Gasteiger partial charge >= 0.3 is 0 Å². The Morgan fingerprint density at radius 2 is 1.90 bits per heavy atom. The third kappa shape index (κ3) is 7.58. The third-order valence-electron chi connectivity index (χ3n) is 0.663. The van der Waals surface area contributed by atoms with Gasteiger partial charge in [0.25, 0.3) is 6.48 Å². The van der Waals surface area contributed by atoms with E-state index < -0.39 is 6.48 Å². The highest BCUT2D eigenvalue weighted by atomic mass is 32.1. The second-order valence-electron chi connectivity index (χ2n) is 1.57. The lowest BCUT2D eigenvalue weighted by Gasteiger charge is -1.80. The van der Waals surface area contributed by atoms with Crippen LogP contribution in [0.1, 0.15) is 4.88 Å². The van der Waals surface area contributed by atoms with Crippen molar-refractivity contribution in [3.05, 3.63) is 22.4 Å². The van der Waals surface area contributed by atoms with Gasteiger partial charge in [0.05, 0.1) is 0 Å². The van der Waals surface area contributed by atoms with E-state index >= 15 is 0 Å². The summed E-state index contributed by atoms with van der Waals surface area (Å²) >= 11 is 1.78. The van der Waals surface area contributed by atoms with Crippen LogP contribution >= 0.6 is 11.3 Å². The van der Waals surface area contributed by atoms with Crippen molar-refractivity contribution in [3.8, 4) is 0 Å². The normalized spacial score (nSPS) is 8.90.